The number of furan rings is 1. The summed E-state index contributed by atoms with van der Waals surface area (Å²) in [6, 6.07) is 20.1. The molecule has 1 N–H and O–H groups in total. The summed E-state index contributed by atoms with van der Waals surface area (Å²) in [5.41, 5.74) is 2.89. The molecule has 0 saturated heterocycles. The number of carbonyl (C=O) groups is 1. The summed E-state index contributed by atoms with van der Waals surface area (Å²) in [6.45, 7) is 1.92. The van der Waals surface area contributed by atoms with Crippen molar-refractivity contribution in [2.75, 3.05) is 5.32 Å². The number of hydrogen-bond donors (Lipinski definition) is 1. The average molecular weight is 421 g/mol. The zero-order valence-corrected chi connectivity index (χ0v) is 17.3. The summed E-state index contributed by atoms with van der Waals surface area (Å²) >= 11 is 1.45. The summed E-state index contributed by atoms with van der Waals surface area (Å²) in [5, 5.41) is 3.46. The first-order valence-corrected chi connectivity index (χ1v) is 10.5. The highest BCUT2D eigenvalue weighted by atomic mass is 32.1. The van der Waals surface area contributed by atoms with Crippen molar-refractivity contribution in [1.82, 2.24) is 4.98 Å². The van der Waals surface area contributed by atoms with Crippen LogP contribution in [0.25, 0.3) is 11.3 Å². The molecule has 4 aromatic rings. The standard InChI is InChI=1S/C24H21FN2O2S/c1-16-22(15-17-7-9-19(25)10-8-17)30-24(26-16)27-23(28)14-12-20-11-13-21(29-20)18-5-3-2-4-6-18/h2-11,13H,12,14-15H2,1H3,(H,26,27,28). The smallest absolute Gasteiger partial charge is 0.226 e. The van der Waals surface area contributed by atoms with Gasteiger partial charge in [-0.1, -0.05) is 42.5 Å². The number of thiazole rings is 1. The first kappa shape index (κ1) is 20.0. The molecule has 0 aliphatic rings. The van der Waals surface area contributed by atoms with Crippen LogP contribution in [0.15, 0.2) is 71.1 Å². The molecule has 0 fully saturated rings. The molecule has 0 bridgehead atoms. The van der Waals surface area contributed by atoms with Gasteiger partial charge < -0.3 is 9.73 Å². The van der Waals surface area contributed by atoms with Gasteiger partial charge in [0, 0.05) is 29.7 Å². The third-order valence-electron chi connectivity index (χ3n) is 4.74. The van der Waals surface area contributed by atoms with Gasteiger partial charge in [0.05, 0.1) is 5.69 Å². The Morgan fingerprint density at radius 1 is 1.07 bits per heavy atom. The van der Waals surface area contributed by atoms with E-state index in [4.69, 9.17) is 4.42 Å². The molecule has 4 rings (SSSR count). The molecule has 2 heterocycles. The third-order valence-corrected chi connectivity index (χ3v) is 5.81. The van der Waals surface area contributed by atoms with E-state index < -0.39 is 0 Å². The van der Waals surface area contributed by atoms with Crippen LogP contribution in [0.1, 0.15) is 28.3 Å². The van der Waals surface area contributed by atoms with Crippen LogP contribution < -0.4 is 5.32 Å². The number of nitrogens with zero attached hydrogens (tertiary/aromatic N) is 1. The van der Waals surface area contributed by atoms with Crippen LogP contribution in [0, 0.1) is 12.7 Å². The first-order chi connectivity index (χ1) is 14.6. The van der Waals surface area contributed by atoms with Gasteiger partial charge in [-0.15, -0.1) is 11.3 Å². The van der Waals surface area contributed by atoms with E-state index in [-0.39, 0.29) is 11.7 Å². The highest BCUT2D eigenvalue weighted by Crippen LogP contribution is 2.26. The number of nitrogens with one attached hydrogen (secondary N) is 1. The van der Waals surface area contributed by atoms with Gasteiger partial charge in [0.15, 0.2) is 5.13 Å². The highest BCUT2D eigenvalue weighted by Gasteiger charge is 2.12. The molecular weight excluding hydrogens is 399 g/mol. The highest BCUT2D eigenvalue weighted by molar-refractivity contribution is 7.15. The van der Waals surface area contributed by atoms with Gasteiger partial charge in [0.25, 0.3) is 0 Å². The molecular formula is C24H21FN2O2S. The van der Waals surface area contributed by atoms with Crippen molar-refractivity contribution in [1.29, 1.82) is 0 Å². The third kappa shape index (κ3) is 5.02. The van der Waals surface area contributed by atoms with Gasteiger partial charge >= 0.3 is 0 Å². The number of anilines is 1. The Morgan fingerprint density at radius 3 is 2.60 bits per heavy atom. The predicted molar refractivity (Wildman–Crippen MR) is 117 cm³/mol. The fraction of sp³-hybridized carbons (Fsp3) is 0.167. The molecule has 2 aromatic heterocycles. The number of amides is 1. The molecule has 4 nitrogen and oxygen atoms in total. The fourth-order valence-corrected chi connectivity index (χ4v) is 4.13. The Morgan fingerprint density at radius 2 is 1.83 bits per heavy atom. The van der Waals surface area contributed by atoms with Crippen LogP contribution in [-0.4, -0.2) is 10.9 Å². The normalized spacial score (nSPS) is 10.9. The molecule has 0 atom stereocenters. The van der Waals surface area contributed by atoms with E-state index in [1.165, 1.54) is 23.5 Å². The van der Waals surface area contributed by atoms with Crippen LogP contribution >= 0.6 is 11.3 Å². The number of halogens is 1. The maximum Gasteiger partial charge on any atom is 0.226 e. The molecule has 0 aliphatic heterocycles. The minimum Gasteiger partial charge on any atom is -0.461 e. The van der Waals surface area contributed by atoms with Crippen LogP contribution in [0.2, 0.25) is 0 Å². The lowest BCUT2D eigenvalue weighted by atomic mass is 10.1. The molecule has 0 radical (unpaired) electrons. The van der Waals surface area contributed by atoms with Crippen LogP contribution in [-0.2, 0) is 17.6 Å². The van der Waals surface area contributed by atoms with E-state index >= 15 is 0 Å². The van der Waals surface area contributed by atoms with E-state index in [1.807, 2.05) is 49.4 Å². The Labute approximate surface area is 178 Å². The molecule has 0 aliphatic carbocycles. The second kappa shape index (κ2) is 9.05. The second-order valence-electron chi connectivity index (χ2n) is 7.01. The number of aromatic nitrogens is 1. The van der Waals surface area contributed by atoms with Crippen molar-refractivity contribution in [2.45, 2.75) is 26.2 Å². The topological polar surface area (TPSA) is 55.1 Å². The SMILES string of the molecule is Cc1nc(NC(=O)CCc2ccc(-c3ccccc3)o2)sc1Cc1ccc(F)cc1. The van der Waals surface area contributed by atoms with Crippen LogP contribution in [0.3, 0.4) is 0 Å². The summed E-state index contributed by atoms with van der Waals surface area (Å²) in [7, 11) is 0. The molecule has 0 spiro atoms. The van der Waals surface area contributed by atoms with Crippen LogP contribution in [0.5, 0.6) is 0 Å². The van der Waals surface area contributed by atoms with Crippen molar-refractivity contribution in [3.63, 3.8) is 0 Å². The van der Waals surface area contributed by atoms with Gasteiger partial charge in [-0.2, -0.15) is 0 Å². The maximum absolute atomic E-state index is 13.1. The molecule has 1 amide bonds. The Hall–Kier alpha value is -3.25. The number of carbonyl (C=O) groups excluding carboxylic acids is 1. The zero-order valence-electron chi connectivity index (χ0n) is 16.5. The van der Waals surface area contributed by atoms with E-state index in [0.29, 0.717) is 24.4 Å². The first-order valence-electron chi connectivity index (χ1n) is 9.71. The average Bonchev–Trinajstić information content (AvgIpc) is 3.36. The minimum atomic E-state index is -0.250. The molecule has 6 heteroatoms. The van der Waals surface area contributed by atoms with Gasteiger partial charge in [0.1, 0.15) is 17.3 Å². The number of rotatable bonds is 7. The fourth-order valence-electron chi connectivity index (χ4n) is 3.12. The summed E-state index contributed by atoms with van der Waals surface area (Å²) in [6.07, 6.45) is 1.49. The lowest BCUT2D eigenvalue weighted by molar-refractivity contribution is -0.116. The lowest BCUT2D eigenvalue weighted by Gasteiger charge is -2.01. The molecule has 0 saturated carbocycles. The number of aryl methyl sites for hydroxylation is 2. The molecule has 30 heavy (non-hydrogen) atoms. The van der Waals surface area contributed by atoms with Crippen molar-refractivity contribution >= 4 is 22.4 Å². The van der Waals surface area contributed by atoms with Crippen molar-refractivity contribution in [3.05, 3.63) is 94.4 Å². The Balaban J connectivity index is 1.32. The summed E-state index contributed by atoms with van der Waals surface area (Å²) < 4.78 is 18.9. The molecule has 152 valence electrons. The van der Waals surface area contributed by atoms with Gasteiger partial charge in [-0.05, 0) is 36.8 Å². The lowest BCUT2D eigenvalue weighted by Crippen LogP contribution is -2.11. The maximum atomic E-state index is 13.1. The van der Waals surface area contributed by atoms with Crippen molar-refractivity contribution < 1.29 is 13.6 Å². The molecule has 2 aromatic carbocycles. The van der Waals surface area contributed by atoms with E-state index in [2.05, 4.69) is 10.3 Å². The van der Waals surface area contributed by atoms with Crippen molar-refractivity contribution in [3.8, 4) is 11.3 Å². The largest absolute Gasteiger partial charge is 0.461 e. The minimum absolute atomic E-state index is 0.102. The molecule has 0 unspecified atom stereocenters. The predicted octanol–water partition coefficient (Wildman–Crippen LogP) is 6.01. The number of benzene rings is 2. The van der Waals surface area contributed by atoms with Gasteiger partial charge in [-0.3, -0.25) is 4.79 Å². The van der Waals surface area contributed by atoms with Crippen LogP contribution in [0.4, 0.5) is 9.52 Å². The van der Waals surface area contributed by atoms with E-state index in [0.717, 1.165) is 33.2 Å². The quantitative estimate of drug-likeness (QED) is 0.398. The Kier molecular flexibility index (Phi) is 6.05. The van der Waals surface area contributed by atoms with E-state index in [9.17, 15) is 9.18 Å². The monoisotopic (exact) mass is 420 g/mol. The van der Waals surface area contributed by atoms with Crippen molar-refractivity contribution in [2.24, 2.45) is 0 Å². The summed E-state index contributed by atoms with van der Waals surface area (Å²) in [4.78, 5) is 17.9. The number of hydrogen-bond acceptors (Lipinski definition) is 4. The second-order valence-corrected chi connectivity index (χ2v) is 8.09. The van der Waals surface area contributed by atoms with Gasteiger partial charge in [0.2, 0.25) is 5.91 Å². The Bertz CT molecular complexity index is 1130. The summed E-state index contributed by atoms with van der Waals surface area (Å²) in [5.74, 6) is 1.22. The zero-order chi connectivity index (χ0) is 20.9. The van der Waals surface area contributed by atoms with E-state index in [1.54, 1.807) is 12.1 Å². The van der Waals surface area contributed by atoms with Gasteiger partial charge in [-0.25, -0.2) is 9.37 Å².